The Kier molecular flexibility index (Phi) is 5.55. The number of aryl methyl sites for hydroxylation is 1. The minimum atomic E-state index is -0.203. The fourth-order valence-electron chi connectivity index (χ4n) is 1.61. The summed E-state index contributed by atoms with van der Waals surface area (Å²) in [7, 11) is 0. The largest absolute Gasteiger partial charge is 0.347 e. The average Bonchev–Trinajstić information content (AvgIpc) is 2.40. The van der Waals surface area contributed by atoms with E-state index in [0.29, 0.717) is 0 Å². The number of carbonyl (C=O) groups is 2. The Morgan fingerprint density at radius 2 is 1.95 bits per heavy atom. The summed E-state index contributed by atoms with van der Waals surface area (Å²) in [5, 5.41) is 5.45. The molecule has 0 radical (unpaired) electrons. The predicted octanol–water partition coefficient (Wildman–Crippen LogP) is 2.40. The van der Waals surface area contributed by atoms with Gasteiger partial charge in [0.1, 0.15) is 0 Å². The molecule has 4 nitrogen and oxygen atoms in total. The fraction of sp³-hybridized carbons (Fsp3) is 0.467. The molecule has 4 heteroatoms. The van der Waals surface area contributed by atoms with Gasteiger partial charge < -0.3 is 10.6 Å². The third-order valence-electron chi connectivity index (χ3n) is 3.36. The summed E-state index contributed by atoms with van der Waals surface area (Å²) in [6.45, 7) is 7.76. The summed E-state index contributed by atoms with van der Waals surface area (Å²) in [5.74, 6) is -0.350. The molecule has 0 unspecified atom stereocenters. The molecule has 0 saturated heterocycles. The lowest BCUT2D eigenvalue weighted by molar-refractivity contribution is -0.126. The molecule has 0 bridgehead atoms. The van der Waals surface area contributed by atoms with Crippen LogP contribution in [0.15, 0.2) is 18.2 Å². The zero-order valence-electron chi connectivity index (χ0n) is 12.0. The number of anilines is 1. The lowest BCUT2D eigenvalue weighted by Crippen LogP contribution is -2.35. The highest BCUT2D eigenvalue weighted by Gasteiger charge is 2.12. The van der Waals surface area contributed by atoms with Crippen LogP contribution in [-0.2, 0) is 9.59 Å². The molecule has 0 heterocycles. The van der Waals surface area contributed by atoms with Crippen LogP contribution in [0.3, 0.4) is 0 Å². The Hall–Kier alpha value is -1.84. The molecule has 2 amide bonds. The Bertz CT molecular complexity index is 469. The molecule has 1 aromatic rings. The molecular weight excluding hydrogens is 240 g/mol. The second-order valence-corrected chi connectivity index (χ2v) is 4.82. The molecule has 104 valence electrons. The van der Waals surface area contributed by atoms with Crippen LogP contribution in [0, 0.1) is 19.8 Å². The molecule has 2 N–H and O–H groups in total. The zero-order chi connectivity index (χ0) is 14.4. The van der Waals surface area contributed by atoms with E-state index in [2.05, 4.69) is 10.6 Å². The molecule has 0 aromatic heterocycles. The number of hydrogen-bond donors (Lipinski definition) is 2. The molecule has 0 aliphatic heterocycles. The molecular formula is C15H22N2O2. The van der Waals surface area contributed by atoms with Crippen LogP contribution in [-0.4, -0.2) is 18.4 Å². The van der Waals surface area contributed by atoms with E-state index in [4.69, 9.17) is 0 Å². The number of benzene rings is 1. The lowest BCUT2D eigenvalue weighted by Gasteiger charge is -2.12. The Morgan fingerprint density at radius 3 is 2.58 bits per heavy atom. The van der Waals surface area contributed by atoms with Crippen molar-refractivity contribution in [3.05, 3.63) is 29.3 Å². The second kappa shape index (κ2) is 6.92. The van der Waals surface area contributed by atoms with Crippen molar-refractivity contribution in [2.24, 2.45) is 5.92 Å². The van der Waals surface area contributed by atoms with Crippen LogP contribution in [0.2, 0.25) is 0 Å². The van der Waals surface area contributed by atoms with Crippen molar-refractivity contribution in [1.29, 1.82) is 0 Å². The number of carbonyl (C=O) groups excluding carboxylic acids is 2. The Morgan fingerprint density at radius 1 is 1.26 bits per heavy atom. The van der Waals surface area contributed by atoms with Gasteiger partial charge in [-0.1, -0.05) is 26.0 Å². The van der Waals surface area contributed by atoms with E-state index in [1.54, 1.807) is 0 Å². The first kappa shape index (κ1) is 15.2. The van der Waals surface area contributed by atoms with E-state index in [-0.39, 0.29) is 24.3 Å². The van der Waals surface area contributed by atoms with Crippen molar-refractivity contribution >= 4 is 17.5 Å². The van der Waals surface area contributed by atoms with Crippen molar-refractivity contribution in [2.45, 2.75) is 34.1 Å². The van der Waals surface area contributed by atoms with Crippen LogP contribution < -0.4 is 10.6 Å². The molecule has 0 spiro atoms. The van der Waals surface area contributed by atoms with Crippen molar-refractivity contribution < 1.29 is 9.59 Å². The topological polar surface area (TPSA) is 58.2 Å². The highest BCUT2D eigenvalue weighted by atomic mass is 16.2. The molecule has 1 rings (SSSR count). The van der Waals surface area contributed by atoms with Crippen LogP contribution in [0.4, 0.5) is 5.69 Å². The first-order valence-electron chi connectivity index (χ1n) is 6.59. The van der Waals surface area contributed by atoms with E-state index >= 15 is 0 Å². The molecule has 1 aromatic carbocycles. The number of amides is 2. The average molecular weight is 262 g/mol. The summed E-state index contributed by atoms with van der Waals surface area (Å²) in [4.78, 5) is 23.3. The maximum atomic E-state index is 11.8. The quantitative estimate of drug-likeness (QED) is 0.856. The van der Waals surface area contributed by atoms with Gasteiger partial charge in [0, 0.05) is 11.6 Å². The maximum absolute atomic E-state index is 11.8. The minimum Gasteiger partial charge on any atom is -0.347 e. The van der Waals surface area contributed by atoms with E-state index in [1.165, 1.54) is 0 Å². The van der Waals surface area contributed by atoms with Gasteiger partial charge in [0.05, 0.1) is 6.54 Å². The van der Waals surface area contributed by atoms with Gasteiger partial charge in [-0.3, -0.25) is 9.59 Å². The van der Waals surface area contributed by atoms with Gasteiger partial charge in [0.25, 0.3) is 0 Å². The SMILES string of the molecule is CC[C@H](C)C(=O)NCC(=O)Nc1cccc(C)c1C. The van der Waals surface area contributed by atoms with Crippen LogP contribution >= 0.6 is 0 Å². The van der Waals surface area contributed by atoms with Gasteiger partial charge in [-0.25, -0.2) is 0 Å². The number of hydrogen-bond acceptors (Lipinski definition) is 2. The summed E-state index contributed by atoms with van der Waals surface area (Å²) >= 11 is 0. The lowest BCUT2D eigenvalue weighted by atomic mass is 10.1. The summed E-state index contributed by atoms with van der Waals surface area (Å²) in [6, 6.07) is 5.75. The molecule has 0 saturated carbocycles. The van der Waals surface area contributed by atoms with Gasteiger partial charge in [0.15, 0.2) is 0 Å². The van der Waals surface area contributed by atoms with Gasteiger partial charge in [-0.05, 0) is 37.5 Å². The smallest absolute Gasteiger partial charge is 0.243 e. The Balaban J connectivity index is 2.52. The molecule has 19 heavy (non-hydrogen) atoms. The third kappa shape index (κ3) is 4.39. The van der Waals surface area contributed by atoms with Gasteiger partial charge >= 0.3 is 0 Å². The zero-order valence-corrected chi connectivity index (χ0v) is 12.0. The van der Waals surface area contributed by atoms with E-state index in [1.807, 2.05) is 45.9 Å². The third-order valence-corrected chi connectivity index (χ3v) is 3.36. The predicted molar refractivity (Wildman–Crippen MR) is 77.0 cm³/mol. The van der Waals surface area contributed by atoms with Crippen molar-refractivity contribution in [3.8, 4) is 0 Å². The maximum Gasteiger partial charge on any atom is 0.243 e. The van der Waals surface area contributed by atoms with Gasteiger partial charge in [0.2, 0.25) is 11.8 Å². The summed E-state index contributed by atoms with van der Waals surface area (Å²) < 4.78 is 0. The monoisotopic (exact) mass is 262 g/mol. The summed E-state index contributed by atoms with van der Waals surface area (Å²) in [5.41, 5.74) is 2.97. The van der Waals surface area contributed by atoms with Crippen LogP contribution in [0.1, 0.15) is 31.4 Å². The molecule has 1 atom stereocenters. The fourth-order valence-corrected chi connectivity index (χ4v) is 1.61. The van der Waals surface area contributed by atoms with Gasteiger partial charge in [-0.15, -0.1) is 0 Å². The molecule has 0 fully saturated rings. The number of rotatable bonds is 5. The second-order valence-electron chi connectivity index (χ2n) is 4.82. The normalized spacial score (nSPS) is 11.8. The molecule has 0 aliphatic rings. The van der Waals surface area contributed by atoms with Crippen molar-refractivity contribution in [3.63, 3.8) is 0 Å². The first-order valence-corrected chi connectivity index (χ1v) is 6.59. The van der Waals surface area contributed by atoms with Crippen LogP contribution in [0.5, 0.6) is 0 Å². The van der Waals surface area contributed by atoms with E-state index < -0.39 is 0 Å². The highest BCUT2D eigenvalue weighted by Crippen LogP contribution is 2.17. The minimum absolute atomic E-state index is 0.0105. The van der Waals surface area contributed by atoms with Crippen LogP contribution in [0.25, 0.3) is 0 Å². The van der Waals surface area contributed by atoms with Gasteiger partial charge in [-0.2, -0.15) is 0 Å². The Labute approximate surface area is 114 Å². The number of nitrogens with one attached hydrogen (secondary N) is 2. The summed E-state index contributed by atoms with van der Waals surface area (Å²) in [6.07, 6.45) is 0.768. The molecule has 0 aliphatic carbocycles. The first-order chi connectivity index (χ1) is 8.95. The standard InChI is InChI=1S/C15H22N2O2/c1-5-10(2)15(19)16-9-14(18)17-13-8-6-7-11(3)12(13)4/h6-8,10H,5,9H2,1-4H3,(H,16,19)(H,17,18)/t10-/m0/s1. The van der Waals surface area contributed by atoms with Crippen molar-refractivity contribution in [1.82, 2.24) is 5.32 Å². The van der Waals surface area contributed by atoms with E-state index in [9.17, 15) is 9.59 Å². The van der Waals surface area contributed by atoms with E-state index in [0.717, 1.165) is 23.2 Å². The highest BCUT2D eigenvalue weighted by molar-refractivity contribution is 5.95. The van der Waals surface area contributed by atoms with Crippen molar-refractivity contribution in [2.75, 3.05) is 11.9 Å².